The van der Waals surface area contributed by atoms with E-state index in [1.54, 1.807) is 6.07 Å². The fourth-order valence-corrected chi connectivity index (χ4v) is 1.70. The minimum atomic E-state index is 0.541. The molecule has 2 aromatic rings. The van der Waals surface area contributed by atoms with Gasteiger partial charge in [0.25, 0.3) is 0 Å². The van der Waals surface area contributed by atoms with Crippen LogP contribution in [0.1, 0.15) is 11.5 Å². The van der Waals surface area contributed by atoms with Crippen molar-refractivity contribution >= 4 is 22.7 Å². The molecular weight excluding hydrogens is 200 g/mol. The predicted molar refractivity (Wildman–Crippen MR) is 56.5 cm³/mol. The van der Waals surface area contributed by atoms with Crippen LogP contribution in [-0.2, 0) is 6.42 Å². The molecule has 0 amide bonds. The topological polar surface area (TPSA) is 52.0 Å². The largest absolute Gasteiger partial charge is 0.440 e. The van der Waals surface area contributed by atoms with Gasteiger partial charge in [0.2, 0.25) is 0 Å². The van der Waals surface area contributed by atoms with Gasteiger partial charge in [-0.3, -0.25) is 0 Å². The third-order valence-corrected chi connectivity index (χ3v) is 2.26. The van der Waals surface area contributed by atoms with Crippen LogP contribution in [0.15, 0.2) is 16.5 Å². The maximum atomic E-state index is 5.90. The van der Waals surface area contributed by atoms with Gasteiger partial charge in [-0.25, -0.2) is 4.98 Å². The highest BCUT2D eigenvalue weighted by Crippen LogP contribution is 2.24. The van der Waals surface area contributed by atoms with Gasteiger partial charge in [0, 0.05) is 18.0 Å². The fourth-order valence-electron chi connectivity index (χ4n) is 1.43. The summed E-state index contributed by atoms with van der Waals surface area (Å²) in [6.07, 6.45) is 0.658. The summed E-state index contributed by atoms with van der Waals surface area (Å²) < 4.78 is 5.54. The Balaban J connectivity index is 2.58. The van der Waals surface area contributed by atoms with Gasteiger partial charge in [-0.05, 0) is 24.6 Å². The van der Waals surface area contributed by atoms with Gasteiger partial charge in [0.1, 0.15) is 5.52 Å². The van der Waals surface area contributed by atoms with Crippen LogP contribution < -0.4 is 5.73 Å². The molecule has 0 bridgehead atoms. The molecule has 4 heteroatoms. The van der Waals surface area contributed by atoms with Gasteiger partial charge in [0.05, 0.1) is 0 Å². The highest BCUT2D eigenvalue weighted by atomic mass is 35.5. The van der Waals surface area contributed by atoms with Crippen molar-refractivity contribution in [2.45, 2.75) is 13.3 Å². The zero-order chi connectivity index (χ0) is 10.1. The molecule has 0 saturated carbocycles. The molecule has 0 aliphatic heterocycles. The van der Waals surface area contributed by atoms with E-state index >= 15 is 0 Å². The fraction of sp³-hybridized carbons (Fsp3) is 0.300. The van der Waals surface area contributed by atoms with Gasteiger partial charge in [0.15, 0.2) is 11.5 Å². The van der Waals surface area contributed by atoms with Crippen LogP contribution in [0.5, 0.6) is 0 Å². The van der Waals surface area contributed by atoms with Gasteiger partial charge >= 0.3 is 0 Å². The molecule has 0 aliphatic carbocycles. The van der Waals surface area contributed by atoms with E-state index < -0.39 is 0 Å². The lowest BCUT2D eigenvalue weighted by Crippen LogP contribution is -2.02. The molecule has 0 atom stereocenters. The summed E-state index contributed by atoms with van der Waals surface area (Å²) in [6.45, 7) is 2.49. The van der Waals surface area contributed by atoms with Crippen molar-refractivity contribution in [2.24, 2.45) is 5.73 Å². The maximum absolute atomic E-state index is 5.90. The van der Waals surface area contributed by atoms with E-state index in [0.29, 0.717) is 23.9 Å². The number of fused-ring (bicyclic) bond motifs is 1. The molecular formula is C10H11ClN2O. The van der Waals surface area contributed by atoms with E-state index in [1.165, 1.54) is 0 Å². The third kappa shape index (κ3) is 1.61. The number of hydrogen-bond acceptors (Lipinski definition) is 3. The van der Waals surface area contributed by atoms with Crippen molar-refractivity contribution in [2.75, 3.05) is 6.54 Å². The van der Waals surface area contributed by atoms with E-state index in [-0.39, 0.29) is 0 Å². The minimum Gasteiger partial charge on any atom is -0.440 e. The monoisotopic (exact) mass is 210 g/mol. The Morgan fingerprint density at radius 3 is 3.00 bits per heavy atom. The standard InChI is InChI=1S/C10H11ClN2O/c1-6-4-7(11)5-8-10(6)14-9(13-8)2-3-12/h4-5H,2-3,12H2,1H3. The van der Waals surface area contributed by atoms with E-state index in [2.05, 4.69) is 4.98 Å². The van der Waals surface area contributed by atoms with Gasteiger partial charge < -0.3 is 10.2 Å². The number of aromatic nitrogens is 1. The van der Waals surface area contributed by atoms with Crippen molar-refractivity contribution in [3.05, 3.63) is 28.6 Å². The first-order valence-corrected chi connectivity index (χ1v) is 4.84. The molecule has 1 aromatic heterocycles. The Hall–Kier alpha value is -1.06. The lowest BCUT2D eigenvalue weighted by Gasteiger charge is -1.93. The summed E-state index contributed by atoms with van der Waals surface area (Å²) >= 11 is 5.90. The zero-order valence-electron chi connectivity index (χ0n) is 7.88. The Kier molecular flexibility index (Phi) is 2.44. The van der Waals surface area contributed by atoms with Gasteiger partial charge in [-0.15, -0.1) is 0 Å². The van der Waals surface area contributed by atoms with E-state index in [0.717, 1.165) is 16.7 Å². The lowest BCUT2D eigenvalue weighted by atomic mass is 10.2. The molecule has 14 heavy (non-hydrogen) atoms. The quantitative estimate of drug-likeness (QED) is 0.828. The molecule has 2 N–H and O–H groups in total. The average molecular weight is 211 g/mol. The van der Waals surface area contributed by atoms with Crippen LogP contribution in [0.2, 0.25) is 5.02 Å². The van der Waals surface area contributed by atoms with Crippen molar-refractivity contribution in [1.29, 1.82) is 0 Å². The predicted octanol–water partition coefficient (Wildman–Crippen LogP) is 2.29. The summed E-state index contributed by atoms with van der Waals surface area (Å²) in [5, 5.41) is 0.683. The molecule has 2 rings (SSSR count). The van der Waals surface area contributed by atoms with Crippen molar-refractivity contribution in [3.63, 3.8) is 0 Å². The number of hydrogen-bond donors (Lipinski definition) is 1. The van der Waals surface area contributed by atoms with Crippen LogP contribution in [-0.4, -0.2) is 11.5 Å². The first kappa shape index (κ1) is 9.49. The second-order valence-corrected chi connectivity index (χ2v) is 3.65. The Morgan fingerprint density at radius 1 is 1.50 bits per heavy atom. The molecule has 0 saturated heterocycles. The van der Waals surface area contributed by atoms with Crippen LogP contribution in [0.25, 0.3) is 11.1 Å². The first-order valence-electron chi connectivity index (χ1n) is 4.46. The third-order valence-electron chi connectivity index (χ3n) is 2.04. The lowest BCUT2D eigenvalue weighted by molar-refractivity contribution is 0.529. The molecule has 0 radical (unpaired) electrons. The van der Waals surface area contributed by atoms with Gasteiger partial charge in [-0.2, -0.15) is 0 Å². The van der Waals surface area contributed by atoms with Crippen LogP contribution in [0, 0.1) is 6.92 Å². The number of nitrogens with zero attached hydrogens (tertiary/aromatic N) is 1. The molecule has 0 unspecified atom stereocenters. The van der Waals surface area contributed by atoms with Crippen molar-refractivity contribution in [1.82, 2.24) is 4.98 Å². The Morgan fingerprint density at radius 2 is 2.29 bits per heavy atom. The SMILES string of the molecule is Cc1cc(Cl)cc2nc(CCN)oc12. The number of aryl methyl sites for hydroxylation is 1. The first-order chi connectivity index (χ1) is 6.70. The molecule has 0 fully saturated rings. The second-order valence-electron chi connectivity index (χ2n) is 3.22. The number of halogens is 1. The highest BCUT2D eigenvalue weighted by Gasteiger charge is 2.08. The van der Waals surface area contributed by atoms with E-state index in [4.69, 9.17) is 21.8 Å². The maximum Gasteiger partial charge on any atom is 0.196 e. The molecule has 0 spiro atoms. The number of rotatable bonds is 2. The smallest absolute Gasteiger partial charge is 0.196 e. The Bertz CT molecular complexity index is 464. The van der Waals surface area contributed by atoms with Crippen LogP contribution in [0.3, 0.4) is 0 Å². The molecule has 3 nitrogen and oxygen atoms in total. The molecule has 1 heterocycles. The van der Waals surface area contributed by atoms with Crippen LogP contribution >= 0.6 is 11.6 Å². The second kappa shape index (κ2) is 3.59. The summed E-state index contributed by atoms with van der Waals surface area (Å²) in [5.74, 6) is 0.674. The summed E-state index contributed by atoms with van der Waals surface area (Å²) in [5.41, 5.74) is 8.03. The summed E-state index contributed by atoms with van der Waals surface area (Å²) in [6, 6.07) is 3.66. The normalized spacial score (nSPS) is 11.1. The van der Waals surface area contributed by atoms with Gasteiger partial charge in [-0.1, -0.05) is 11.6 Å². The van der Waals surface area contributed by atoms with Crippen LogP contribution in [0.4, 0.5) is 0 Å². The molecule has 1 aromatic carbocycles. The summed E-state index contributed by atoms with van der Waals surface area (Å²) in [7, 11) is 0. The average Bonchev–Trinajstić information content (AvgIpc) is 2.48. The van der Waals surface area contributed by atoms with E-state index in [1.807, 2.05) is 13.0 Å². The van der Waals surface area contributed by atoms with E-state index in [9.17, 15) is 0 Å². The number of nitrogens with two attached hydrogens (primary N) is 1. The number of benzene rings is 1. The molecule has 74 valence electrons. The summed E-state index contributed by atoms with van der Waals surface area (Å²) in [4.78, 5) is 4.29. The number of oxazole rings is 1. The van der Waals surface area contributed by atoms with Crippen molar-refractivity contribution < 1.29 is 4.42 Å². The minimum absolute atomic E-state index is 0.541. The van der Waals surface area contributed by atoms with Crippen molar-refractivity contribution in [3.8, 4) is 0 Å². The Labute approximate surface area is 86.9 Å². The highest BCUT2D eigenvalue weighted by molar-refractivity contribution is 6.31. The zero-order valence-corrected chi connectivity index (χ0v) is 8.64. The molecule has 0 aliphatic rings.